The van der Waals surface area contributed by atoms with Gasteiger partial charge in [-0.2, -0.15) is 0 Å². The van der Waals surface area contributed by atoms with Crippen LogP contribution in [0.15, 0.2) is 12.1 Å². The summed E-state index contributed by atoms with van der Waals surface area (Å²) in [7, 11) is 2.29. The molecule has 1 heterocycles. The summed E-state index contributed by atoms with van der Waals surface area (Å²) in [6.45, 7) is 6.28. The lowest BCUT2D eigenvalue weighted by molar-refractivity contribution is -0.933. The Hall–Kier alpha value is -1.06. The van der Waals surface area contributed by atoms with Crippen molar-refractivity contribution in [3.05, 3.63) is 28.3 Å². The van der Waals surface area contributed by atoms with Gasteiger partial charge in [0.15, 0.2) is 5.54 Å². The minimum absolute atomic E-state index is 0.204. The molecule has 0 atom stereocenters. The normalized spacial score (nSPS) is 22.3. The number of carbonyl (C=O) groups is 1. The summed E-state index contributed by atoms with van der Waals surface area (Å²) < 4.78 is 0.921. The maximum atomic E-state index is 13.1. The van der Waals surface area contributed by atoms with E-state index in [9.17, 15) is 4.79 Å². The largest absolute Gasteiger partial charge is 0.320 e. The Balaban J connectivity index is 1.83. The summed E-state index contributed by atoms with van der Waals surface area (Å²) in [5.74, 6) is 0.204. The number of amides is 1. The summed E-state index contributed by atoms with van der Waals surface area (Å²) >= 11 is 6.11. The molecule has 2 aliphatic rings. The van der Waals surface area contributed by atoms with Crippen LogP contribution in [0.4, 0.5) is 5.69 Å². The van der Waals surface area contributed by atoms with Gasteiger partial charge in [-0.1, -0.05) is 11.6 Å². The first kappa shape index (κ1) is 16.8. The van der Waals surface area contributed by atoms with Crippen molar-refractivity contribution in [3.8, 4) is 0 Å². The molecule has 1 aromatic carbocycles. The minimum Gasteiger partial charge on any atom is -0.320 e. The van der Waals surface area contributed by atoms with Crippen LogP contribution in [-0.4, -0.2) is 36.1 Å². The topological polar surface area (TPSA) is 29.1 Å². The molecule has 0 radical (unpaired) electrons. The van der Waals surface area contributed by atoms with Crippen LogP contribution in [0, 0.1) is 13.8 Å². The fraction of sp³-hybridized carbons (Fsp3) is 0.632. The second kappa shape index (κ2) is 6.10. The van der Waals surface area contributed by atoms with E-state index >= 15 is 0 Å². The van der Waals surface area contributed by atoms with Crippen molar-refractivity contribution in [1.29, 1.82) is 0 Å². The lowest BCUT2D eigenvalue weighted by Crippen LogP contribution is -2.60. The van der Waals surface area contributed by atoms with E-state index in [0.717, 1.165) is 52.3 Å². The van der Waals surface area contributed by atoms with Crippen LogP contribution in [0.2, 0.25) is 5.02 Å². The van der Waals surface area contributed by atoms with Crippen LogP contribution in [0.1, 0.15) is 49.7 Å². The highest BCUT2D eigenvalue weighted by Crippen LogP contribution is 2.48. The van der Waals surface area contributed by atoms with E-state index in [-0.39, 0.29) is 11.4 Å². The van der Waals surface area contributed by atoms with Gasteiger partial charge in [-0.3, -0.25) is 4.79 Å². The number of likely N-dealkylation sites (tertiary alicyclic amines) is 1. The third-order valence-electron chi connectivity index (χ3n) is 5.97. The number of nitrogens with zero attached hydrogens (tertiary/aromatic N) is 1. The van der Waals surface area contributed by atoms with Gasteiger partial charge in [-0.05, 0) is 62.8 Å². The molecule has 1 aliphatic carbocycles. The highest BCUT2D eigenvalue weighted by atomic mass is 35.5. The second-order valence-electron chi connectivity index (χ2n) is 7.66. The van der Waals surface area contributed by atoms with Gasteiger partial charge in [0.2, 0.25) is 0 Å². The Morgan fingerprint density at radius 1 is 1.09 bits per heavy atom. The molecule has 1 saturated heterocycles. The Morgan fingerprint density at radius 2 is 1.61 bits per heavy atom. The number of halogens is 1. The van der Waals surface area contributed by atoms with Crippen LogP contribution in [0.3, 0.4) is 0 Å². The van der Waals surface area contributed by atoms with E-state index in [0.29, 0.717) is 0 Å². The van der Waals surface area contributed by atoms with Gasteiger partial charge < -0.3 is 9.80 Å². The van der Waals surface area contributed by atoms with Crippen LogP contribution < -0.4 is 5.32 Å². The molecular weight excluding hydrogens is 308 g/mol. The number of benzene rings is 1. The smallest absolute Gasteiger partial charge is 0.285 e. The van der Waals surface area contributed by atoms with Crippen molar-refractivity contribution in [2.24, 2.45) is 0 Å². The molecule has 1 saturated carbocycles. The van der Waals surface area contributed by atoms with E-state index in [2.05, 4.69) is 12.4 Å². The average molecular weight is 336 g/mol. The third-order valence-corrected chi connectivity index (χ3v) is 6.19. The zero-order chi connectivity index (χ0) is 16.7. The molecule has 0 spiro atoms. The van der Waals surface area contributed by atoms with Crippen molar-refractivity contribution < 1.29 is 9.28 Å². The van der Waals surface area contributed by atoms with E-state index < -0.39 is 0 Å². The summed E-state index contributed by atoms with van der Waals surface area (Å²) in [6.07, 6.45) is 7.12. The standard InChI is InChI=1S/C19H27ClN2O/c1-14-12-16(20)13-15(2)17(14)21-18(23)19(8-9-19)22(3)10-6-4-5-7-11-22/h12-13H,4-11H2,1-3H3/p+1. The molecule has 1 aromatic rings. The number of likely N-dealkylation sites (N-methyl/N-ethyl adjacent to an activating group) is 1. The highest BCUT2D eigenvalue weighted by molar-refractivity contribution is 6.30. The highest BCUT2D eigenvalue weighted by Gasteiger charge is 2.63. The van der Waals surface area contributed by atoms with Gasteiger partial charge in [0.25, 0.3) is 5.91 Å². The quantitative estimate of drug-likeness (QED) is 0.812. The van der Waals surface area contributed by atoms with Crippen LogP contribution >= 0.6 is 11.6 Å². The summed E-state index contributed by atoms with van der Waals surface area (Å²) in [5.41, 5.74) is 2.81. The van der Waals surface area contributed by atoms with Gasteiger partial charge in [0.1, 0.15) is 0 Å². The molecule has 23 heavy (non-hydrogen) atoms. The average Bonchev–Trinajstić information content (AvgIpc) is 3.28. The Kier molecular flexibility index (Phi) is 4.45. The number of quaternary nitrogens is 1. The predicted molar refractivity (Wildman–Crippen MR) is 95.9 cm³/mol. The van der Waals surface area contributed by atoms with Crippen LogP contribution in [0.5, 0.6) is 0 Å². The van der Waals surface area contributed by atoms with Crippen molar-refractivity contribution in [3.63, 3.8) is 0 Å². The number of carbonyl (C=O) groups excluding carboxylic acids is 1. The minimum atomic E-state index is -0.205. The van der Waals surface area contributed by atoms with Gasteiger partial charge in [-0.15, -0.1) is 0 Å². The first-order chi connectivity index (χ1) is 10.9. The Bertz CT molecular complexity index is 591. The van der Waals surface area contributed by atoms with Crippen molar-refractivity contribution >= 4 is 23.2 Å². The fourth-order valence-corrected chi connectivity index (χ4v) is 4.61. The molecule has 1 N–H and O–H groups in total. The number of aryl methyl sites for hydroxylation is 2. The maximum absolute atomic E-state index is 13.1. The van der Waals surface area contributed by atoms with Gasteiger partial charge in [0, 0.05) is 23.6 Å². The van der Waals surface area contributed by atoms with Gasteiger partial charge in [0.05, 0.1) is 20.1 Å². The second-order valence-corrected chi connectivity index (χ2v) is 8.09. The molecule has 1 amide bonds. The fourth-order valence-electron chi connectivity index (χ4n) is 4.28. The first-order valence-corrected chi connectivity index (χ1v) is 9.19. The molecule has 126 valence electrons. The lowest BCUT2D eigenvalue weighted by atomic mass is 10.1. The van der Waals surface area contributed by atoms with Crippen LogP contribution in [-0.2, 0) is 4.79 Å². The zero-order valence-corrected chi connectivity index (χ0v) is 15.3. The predicted octanol–water partition coefficient (Wildman–Crippen LogP) is 4.45. The number of rotatable bonds is 3. The van der Waals surface area contributed by atoms with E-state index in [1.54, 1.807) is 0 Å². The molecule has 0 aromatic heterocycles. The Morgan fingerprint density at radius 3 is 2.09 bits per heavy atom. The summed E-state index contributed by atoms with van der Waals surface area (Å²) in [6, 6.07) is 3.85. The number of hydrogen-bond acceptors (Lipinski definition) is 1. The number of nitrogens with one attached hydrogen (secondary N) is 1. The number of hydrogen-bond donors (Lipinski definition) is 1. The molecule has 0 unspecified atom stereocenters. The molecule has 3 nitrogen and oxygen atoms in total. The maximum Gasteiger partial charge on any atom is 0.285 e. The van der Waals surface area contributed by atoms with E-state index in [4.69, 9.17) is 11.6 Å². The monoisotopic (exact) mass is 335 g/mol. The molecule has 1 aliphatic heterocycles. The van der Waals surface area contributed by atoms with Crippen molar-refractivity contribution in [1.82, 2.24) is 0 Å². The van der Waals surface area contributed by atoms with E-state index in [1.165, 1.54) is 25.7 Å². The van der Waals surface area contributed by atoms with E-state index in [1.807, 2.05) is 26.0 Å². The third kappa shape index (κ3) is 3.01. The molecule has 2 fully saturated rings. The van der Waals surface area contributed by atoms with Gasteiger partial charge >= 0.3 is 0 Å². The molecule has 4 heteroatoms. The van der Waals surface area contributed by atoms with Crippen molar-refractivity contribution in [2.45, 2.75) is 57.9 Å². The lowest BCUT2D eigenvalue weighted by Gasteiger charge is -2.41. The van der Waals surface area contributed by atoms with Gasteiger partial charge in [-0.25, -0.2) is 0 Å². The molecular formula is C19H28ClN2O+. The molecule has 0 bridgehead atoms. The Labute approximate surface area is 144 Å². The zero-order valence-electron chi connectivity index (χ0n) is 14.5. The summed E-state index contributed by atoms with van der Waals surface area (Å²) in [5, 5.41) is 3.97. The SMILES string of the molecule is Cc1cc(Cl)cc(C)c1NC(=O)C1([N+]2(C)CCCCCC2)CC1. The number of anilines is 1. The summed E-state index contributed by atoms with van der Waals surface area (Å²) in [4.78, 5) is 13.1. The van der Waals surface area contributed by atoms with Crippen molar-refractivity contribution in [2.75, 3.05) is 25.5 Å². The van der Waals surface area contributed by atoms with Crippen LogP contribution in [0.25, 0.3) is 0 Å². The molecule has 3 rings (SSSR count). The first-order valence-electron chi connectivity index (χ1n) is 8.81.